The summed E-state index contributed by atoms with van der Waals surface area (Å²) in [6, 6.07) is 15.1. The van der Waals surface area contributed by atoms with Crippen molar-refractivity contribution in [3.8, 4) is 11.1 Å². The molecule has 1 saturated heterocycles. The Morgan fingerprint density at radius 1 is 0.972 bits per heavy atom. The van der Waals surface area contributed by atoms with Crippen LogP contribution in [0.3, 0.4) is 0 Å². The second-order valence-electron chi connectivity index (χ2n) is 9.38. The van der Waals surface area contributed by atoms with Gasteiger partial charge in [-0.15, -0.1) is 0 Å². The smallest absolute Gasteiger partial charge is 0.328 e. The second kappa shape index (κ2) is 13.3. The molecule has 2 aromatic carbocycles. The van der Waals surface area contributed by atoms with E-state index in [1.807, 2.05) is 24.3 Å². The highest BCUT2D eigenvalue weighted by Crippen LogP contribution is 2.41. The zero-order chi connectivity index (χ0) is 26.0. The van der Waals surface area contributed by atoms with Gasteiger partial charge in [0.25, 0.3) is 0 Å². The molecular formula is C28H35FN2O5. The fourth-order valence-corrected chi connectivity index (χ4v) is 5.01. The molecule has 2 aromatic rings. The average molecular weight is 499 g/mol. The number of hydrogen-bond acceptors (Lipinski definition) is 5. The number of halogens is 1. The molecular weight excluding hydrogens is 463 g/mol. The third-order valence-corrected chi connectivity index (χ3v) is 6.86. The van der Waals surface area contributed by atoms with Gasteiger partial charge in [-0.3, -0.25) is 0 Å². The first kappa shape index (κ1) is 27.5. The molecule has 2 aliphatic rings. The third kappa shape index (κ3) is 7.98. The van der Waals surface area contributed by atoms with E-state index >= 15 is 0 Å². The molecule has 1 atom stereocenters. The van der Waals surface area contributed by atoms with Gasteiger partial charge in [-0.25, -0.2) is 14.0 Å². The molecule has 0 aromatic heterocycles. The number of carbonyl (C=O) groups is 2. The van der Waals surface area contributed by atoms with Crippen LogP contribution in [0.5, 0.6) is 0 Å². The van der Waals surface area contributed by atoms with Crippen molar-refractivity contribution < 1.29 is 29.3 Å². The molecule has 8 heteroatoms. The number of nitrogens with zero attached hydrogens (tertiary/aromatic N) is 1. The Hall–Kier alpha value is -3.07. The number of nitrogens with one attached hydrogen (secondary N) is 1. The highest BCUT2D eigenvalue weighted by Gasteiger charge is 2.39. The molecule has 4 rings (SSSR count). The van der Waals surface area contributed by atoms with E-state index in [-0.39, 0.29) is 11.7 Å². The van der Waals surface area contributed by atoms with Crippen LogP contribution in [0.2, 0.25) is 0 Å². The molecule has 0 bridgehead atoms. The van der Waals surface area contributed by atoms with Gasteiger partial charge in [-0.2, -0.15) is 0 Å². The fraction of sp³-hybridized carbons (Fsp3) is 0.429. The maximum atomic E-state index is 14.3. The van der Waals surface area contributed by atoms with Gasteiger partial charge in [0, 0.05) is 56.4 Å². The SMILES string of the molecule is O=C(O)C=CC(=O)O.OC1(C(CN2CCNCC2)c2cccc(-c3ccccc3F)c2)CCCCC1. The van der Waals surface area contributed by atoms with E-state index < -0.39 is 17.5 Å². The minimum atomic E-state index is -1.26. The Morgan fingerprint density at radius 2 is 1.61 bits per heavy atom. The highest BCUT2D eigenvalue weighted by atomic mass is 19.1. The summed E-state index contributed by atoms with van der Waals surface area (Å²) in [4.78, 5) is 21.6. The summed E-state index contributed by atoms with van der Waals surface area (Å²) in [5.41, 5.74) is 1.97. The van der Waals surface area contributed by atoms with Crippen molar-refractivity contribution >= 4 is 11.9 Å². The molecule has 1 heterocycles. The number of rotatable bonds is 7. The molecule has 0 radical (unpaired) electrons. The van der Waals surface area contributed by atoms with Crippen molar-refractivity contribution in [1.82, 2.24) is 10.2 Å². The van der Waals surface area contributed by atoms with E-state index in [4.69, 9.17) is 10.2 Å². The number of hydrogen-bond donors (Lipinski definition) is 4. The summed E-state index contributed by atoms with van der Waals surface area (Å²) in [6.07, 6.45) is 6.20. The van der Waals surface area contributed by atoms with E-state index in [2.05, 4.69) is 22.3 Å². The molecule has 1 aliphatic carbocycles. The standard InChI is InChI=1S/C24H31FN2O.C4H4O4/c25-23-10-3-2-9-21(23)19-7-6-8-20(17-19)22(18-27-15-13-26-14-16-27)24(28)11-4-1-5-12-24;5-3(6)1-2-4(7)8/h2-3,6-10,17,22,26,28H,1,4-5,11-16,18H2;1-2H,(H,5,6)(H,7,8). The van der Waals surface area contributed by atoms with Crippen LogP contribution in [-0.2, 0) is 9.59 Å². The lowest BCUT2D eigenvalue weighted by Gasteiger charge is -2.42. The molecule has 2 fully saturated rings. The van der Waals surface area contributed by atoms with Gasteiger partial charge in [0.2, 0.25) is 0 Å². The van der Waals surface area contributed by atoms with Crippen LogP contribution >= 0.6 is 0 Å². The minimum Gasteiger partial charge on any atom is -0.478 e. The first-order valence-corrected chi connectivity index (χ1v) is 12.4. The Kier molecular flexibility index (Phi) is 10.2. The van der Waals surface area contributed by atoms with Gasteiger partial charge in [0.05, 0.1) is 5.60 Å². The summed E-state index contributed by atoms with van der Waals surface area (Å²) < 4.78 is 14.3. The van der Waals surface area contributed by atoms with Crippen LogP contribution in [0.4, 0.5) is 4.39 Å². The zero-order valence-corrected chi connectivity index (χ0v) is 20.4. The van der Waals surface area contributed by atoms with Crippen molar-refractivity contribution in [3.05, 3.63) is 72.1 Å². The minimum absolute atomic E-state index is 0.0534. The maximum Gasteiger partial charge on any atom is 0.328 e. The van der Waals surface area contributed by atoms with Gasteiger partial charge in [-0.1, -0.05) is 61.7 Å². The van der Waals surface area contributed by atoms with Crippen molar-refractivity contribution in [2.75, 3.05) is 32.7 Å². The molecule has 0 spiro atoms. The normalized spacial score (nSPS) is 18.7. The first-order valence-electron chi connectivity index (χ1n) is 12.4. The van der Waals surface area contributed by atoms with Crippen LogP contribution in [0, 0.1) is 5.82 Å². The Bertz CT molecular complexity index is 1030. The van der Waals surface area contributed by atoms with Crippen LogP contribution < -0.4 is 5.32 Å². The highest BCUT2D eigenvalue weighted by molar-refractivity contribution is 5.89. The number of carboxylic acid groups (broad SMARTS) is 2. The summed E-state index contributed by atoms with van der Waals surface area (Å²) >= 11 is 0. The molecule has 1 unspecified atom stereocenters. The molecule has 36 heavy (non-hydrogen) atoms. The Morgan fingerprint density at radius 3 is 2.22 bits per heavy atom. The van der Waals surface area contributed by atoms with Gasteiger partial charge in [0.1, 0.15) is 5.82 Å². The number of piperazine rings is 1. The average Bonchev–Trinajstić information content (AvgIpc) is 2.88. The fourth-order valence-electron chi connectivity index (χ4n) is 5.01. The third-order valence-electron chi connectivity index (χ3n) is 6.86. The quantitative estimate of drug-likeness (QED) is 0.429. The molecule has 1 saturated carbocycles. The van der Waals surface area contributed by atoms with E-state index in [0.29, 0.717) is 17.7 Å². The van der Waals surface area contributed by atoms with Crippen LogP contribution in [0.1, 0.15) is 43.6 Å². The maximum absolute atomic E-state index is 14.3. The van der Waals surface area contributed by atoms with Gasteiger partial charge >= 0.3 is 11.9 Å². The topological polar surface area (TPSA) is 110 Å². The Labute approximate surface area is 211 Å². The largest absolute Gasteiger partial charge is 0.478 e. The van der Waals surface area contributed by atoms with Crippen LogP contribution in [0.15, 0.2) is 60.7 Å². The van der Waals surface area contributed by atoms with Crippen molar-refractivity contribution in [3.63, 3.8) is 0 Å². The summed E-state index contributed by atoms with van der Waals surface area (Å²) in [5, 5.41) is 30.6. The van der Waals surface area contributed by atoms with E-state index in [1.54, 1.807) is 6.07 Å². The number of aliphatic hydroxyl groups is 1. The zero-order valence-electron chi connectivity index (χ0n) is 20.4. The van der Waals surface area contributed by atoms with Crippen LogP contribution in [-0.4, -0.2) is 70.5 Å². The van der Waals surface area contributed by atoms with Crippen molar-refractivity contribution in [2.45, 2.75) is 43.6 Å². The van der Waals surface area contributed by atoms with Gasteiger partial charge in [0.15, 0.2) is 0 Å². The summed E-state index contributed by atoms with van der Waals surface area (Å²) in [5.74, 6) is -2.66. The van der Waals surface area contributed by atoms with Crippen molar-refractivity contribution in [2.24, 2.45) is 0 Å². The number of benzene rings is 2. The second-order valence-corrected chi connectivity index (χ2v) is 9.38. The molecule has 194 valence electrons. The monoisotopic (exact) mass is 498 g/mol. The van der Waals surface area contributed by atoms with E-state index in [9.17, 15) is 19.1 Å². The Balaban J connectivity index is 0.000000392. The molecule has 0 amide bonds. The molecule has 4 N–H and O–H groups in total. The van der Waals surface area contributed by atoms with Gasteiger partial charge in [-0.05, 0) is 30.0 Å². The lowest BCUT2D eigenvalue weighted by molar-refractivity contribution is -0.134. The van der Waals surface area contributed by atoms with E-state index in [0.717, 1.165) is 69.5 Å². The number of aliphatic carboxylic acids is 2. The van der Waals surface area contributed by atoms with Crippen LogP contribution in [0.25, 0.3) is 11.1 Å². The van der Waals surface area contributed by atoms with Crippen molar-refractivity contribution in [1.29, 1.82) is 0 Å². The molecule has 1 aliphatic heterocycles. The van der Waals surface area contributed by atoms with E-state index in [1.165, 1.54) is 12.5 Å². The lowest BCUT2D eigenvalue weighted by atomic mass is 9.72. The summed E-state index contributed by atoms with van der Waals surface area (Å²) in [6.45, 7) is 4.89. The lowest BCUT2D eigenvalue weighted by Crippen LogP contribution is -2.49. The van der Waals surface area contributed by atoms with Gasteiger partial charge < -0.3 is 25.5 Å². The molecule has 7 nitrogen and oxygen atoms in total. The predicted octanol–water partition coefficient (Wildman–Crippen LogP) is 3.89. The predicted molar refractivity (Wildman–Crippen MR) is 136 cm³/mol. The number of carboxylic acids is 2. The first-order chi connectivity index (χ1) is 17.3. The summed E-state index contributed by atoms with van der Waals surface area (Å²) in [7, 11) is 0.